The molecule has 2 aliphatic heterocycles. The topological polar surface area (TPSA) is 7.76 Å². The van der Waals surface area contributed by atoms with Gasteiger partial charge in [-0.25, -0.2) is 0 Å². The zero-order chi connectivity index (χ0) is 24.2. The molecule has 0 amide bonds. The molecular weight excluding hydrogens is 436 g/mol. The number of fused-ring (bicyclic) bond motifs is 13. The van der Waals surface area contributed by atoms with Crippen LogP contribution < -0.4 is 9.13 Å². The van der Waals surface area contributed by atoms with E-state index in [9.17, 15) is 0 Å². The van der Waals surface area contributed by atoms with Crippen molar-refractivity contribution in [1.29, 1.82) is 0 Å². The van der Waals surface area contributed by atoms with Gasteiger partial charge in [0.05, 0.1) is 11.1 Å². The van der Waals surface area contributed by atoms with Gasteiger partial charge < -0.3 is 0 Å². The molecule has 0 radical (unpaired) electrons. The molecular formula is C34H32N2+2. The van der Waals surface area contributed by atoms with Crippen molar-refractivity contribution in [3.8, 4) is 22.5 Å². The molecule has 2 aromatic heterocycles. The molecule has 0 bridgehead atoms. The van der Waals surface area contributed by atoms with Gasteiger partial charge in [-0.1, -0.05) is 44.5 Å². The first-order valence-corrected chi connectivity index (χ1v) is 13.6. The van der Waals surface area contributed by atoms with E-state index in [0.29, 0.717) is 0 Å². The molecule has 1 atom stereocenters. The zero-order valence-corrected chi connectivity index (χ0v) is 21.4. The van der Waals surface area contributed by atoms with Crippen molar-refractivity contribution in [3.63, 3.8) is 0 Å². The highest BCUT2D eigenvalue weighted by Gasteiger charge is 2.67. The van der Waals surface area contributed by atoms with E-state index in [-0.39, 0.29) is 5.41 Å². The third-order valence-corrected chi connectivity index (χ3v) is 9.19. The highest BCUT2D eigenvalue weighted by atomic mass is 15.3. The largest absolute Gasteiger partial charge is 0.417 e. The molecule has 176 valence electrons. The summed E-state index contributed by atoms with van der Waals surface area (Å²) in [6.45, 7) is 6.97. The molecule has 8 rings (SSSR count). The molecule has 0 saturated heterocycles. The summed E-state index contributed by atoms with van der Waals surface area (Å²) in [5, 5.41) is 0. The lowest BCUT2D eigenvalue weighted by Gasteiger charge is -2.21. The lowest BCUT2D eigenvalue weighted by atomic mass is 9.86. The molecule has 2 nitrogen and oxygen atoms in total. The van der Waals surface area contributed by atoms with E-state index in [0.717, 1.165) is 6.42 Å². The normalized spacial score (nSPS) is 20.6. The molecule has 0 saturated carbocycles. The quantitative estimate of drug-likeness (QED) is 0.219. The predicted octanol–water partition coefficient (Wildman–Crippen LogP) is 6.70. The Kier molecular flexibility index (Phi) is 3.91. The molecule has 4 aliphatic rings. The number of aromatic nitrogens is 2. The Morgan fingerprint density at radius 1 is 0.722 bits per heavy atom. The molecule has 36 heavy (non-hydrogen) atoms. The first-order valence-electron chi connectivity index (χ1n) is 13.6. The highest BCUT2D eigenvalue weighted by molar-refractivity contribution is 5.86. The Hall–Kier alpha value is -3.52. The van der Waals surface area contributed by atoms with Crippen LogP contribution in [0, 0.1) is 0 Å². The van der Waals surface area contributed by atoms with Gasteiger partial charge in [-0.15, -0.1) is 9.13 Å². The van der Waals surface area contributed by atoms with Crippen LogP contribution in [0.1, 0.15) is 74.3 Å². The van der Waals surface area contributed by atoms with Gasteiger partial charge in [0, 0.05) is 23.8 Å². The molecule has 2 heteroatoms. The van der Waals surface area contributed by atoms with E-state index >= 15 is 0 Å². The monoisotopic (exact) mass is 468 g/mol. The third kappa shape index (κ3) is 2.38. The Bertz CT molecular complexity index is 1600. The van der Waals surface area contributed by atoms with E-state index in [1.54, 1.807) is 16.7 Å². The molecule has 4 aromatic rings. The number of hydrogen-bond donors (Lipinski definition) is 0. The SMILES string of the molecule is CC(C)(C)c1ccc2[n+](c1)C1(c3ccccc3-c3cccc[n+]31)c1ccc3c(c1-2)CC1=C3CCCC1. The van der Waals surface area contributed by atoms with Gasteiger partial charge in [0.15, 0.2) is 12.4 Å². The van der Waals surface area contributed by atoms with E-state index in [4.69, 9.17) is 0 Å². The summed E-state index contributed by atoms with van der Waals surface area (Å²) >= 11 is 0. The van der Waals surface area contributed by atoms with Gasteiger partial charge in [-0.05, 0) is 84.6 Å². The third-order valence-electron chi connectivity index (χ3n) is 9.19. The first kappa shape index (κ1) is 20.7. The summed E-state index contributed by atoms with van der Waals surface area (Å²) in [6.07, 6.45) is 11.1. The average Bonchev–Trinajstić information content (AvgIpc) is 3.51. The van der Waals surface area contributed by atoms with Crippen molar-refractivity contribution in [2.45, 2.75) is 64.0 Å². The second-order valence-electron chi connectivity index (χ2n) is 12.1. The number of nitrogens with zero attached hydrogens (tertiary/aromatic N) is 2. The summed E-state index contributed by atoms with van der Waals surface area (Å²) < 4.78 is 5.15. The van der Waals surface area contributed by atoms with Crippen LogP contribution in [-0.2, 0) is 17.5 Å². The van der Waals surface area contributed by atoms with Gasteiger partial charge in [0.2, 0.25) is 11.4 Å². The maximum Gasteiger partial charge on any atom is 0.417 e. The summed E-state index contributed by atoms with van der Waals surface area (Å²) in [4.78, 5) is 0. The fourth-order valence-corrected chi connectivity index (χ4v) is 7.55. The minimum Gasteiger partial charge on any atom is -0.126 e. The molecule has 0 N–H and O–H groups in total. The number of hydrogen-bond acceptors (Lipinski definition) is 0. The van der Waals surface area contributed by atoms with Crippen molar-refractivity contribution in [1.82, 2.24) is 0 Å². The predicted molar refractivity (Wildman–Crippen MR) is 144 cm³/mol. The molecule has 4 heterocycles. The van der Waals surface area contributed by atoms with E-state index < -0.39 is 5.66 Å². The summed E-state index contributed by atoms with van der Waals surface area (Å²) in [5.74, 6) is 0. The summed E-state index contributed by atoms with van der Waals surface area (Å²) in [5.41, 5.74) is 15.7. The Morgan fingerprint density at radius 3 is 2.44 bits per heavy atom. The van der Waals surface area contributed by atoms with Crippen LogP contribution in [0.15, 0.2) is 84.7 Å². The standard InChI is InChI=1S/C34H32N2/c1-33(2,3)23-15-18-31-32-27-20-22-10-4-5-11-24(22)25(27)16-17-29(32)34(36(31)21-23)28-13-7-6-12-26(28)30-14-8-9-19-35(30)34/h6-9,12-19,21H,4-5,10-11,20H2,1-3H3/q+2. The summed E-state index contributed by atoms with van der Waals surface area (Å²) in [6, 6.07) is 25.4. The first-order chi connectivity index (χ1) is 17.5. The van der Waals surface area contributed by atoms with Gasteiger partial charge in [0.25, 0.3) is 0 Å². The van der Waals surface area contributed by atoms with E-state index in [1.165, 1.54) is 70.5 Å². The minimum absolute atomic E-state index is 0.0723. The second kappa shape index (κ2) is 6.82. The number of allylic oxidation sites excluding steroid dienone is 2. The second-order valence-corrected chi connectivity index (χ2v) is 12.1. The van der Waals surface area contributed by atoms with Crippen LogP contribution in [0.2, 0.25) is 0 Å². The molecule has 2 aromatic carbocycles. The zero-order valence-electron chi connectivity index (χ0n) is 21.4. The molecule has 0 fully saturated rings. The smallest absolute Gasteiger partial charge is 0.126 e. The molecule has 2 aliphatic carbocycles. The van der Waals surface area contributed by atoms with Gasteiger partial charge in [0.1, 0.15) is 11.1 Å². The maximum absolute atomic E-state index is 2.62. The minimum atomic E-state index is -0.406. The summed E-state index contributed by atoms with van der Waals surface area (Å²) in [7, 11) is 0. The van der Waals surface area contributed by atoms with Crippen molar-refractivity contribution in [3.05, 3.63) is 113 Å². The van der Waals surface area contributed by atoms with Crippen molar-refractivity contribution >= 4 is 5.57 Å². The Balaban J connectivity index is 1.52. The van der Waals surface area contributed by atoms with Gasteiger partial charge in [-0.3, -0.25) is 0 Å². The fourth-order valence-electron chi connectivity index (χ4n) is 7.55. The van der Waals surface area contributed by atoms with Crippen LogP contribution in [0.3, 0.4) is 0 Å². The van der Waals surface area contributed by atoms with Crippen molar-refractivity contribution in [2.75, 3.05) is 0 Å². The maximum atomic E-state index is 2.62. The lowest BCUT2D eigenvalue weighted by Crippen LogP contribution is -2.71. The Morgan fingerprint density at radius 2 is 1.56 bits per heavy atom. The van der Waals surface area contributed by atoms with Crippen LogP contribution in [-0.4, -0.2) is 0 Å². The fraction of sp³-hybridized carbons (Fsp3) is 0.294. The van der Waals surface area contributed by atoms with Crippen LogP contribution in [0.5, 0.6) is 0 Å². The lowest BCUT2D eigenvalue weighted by molar-refractivity contribution is -0.955. The molecule has 1 unspecified atom stereocenters. The van der Waals surface area contributed by atoms with Crippen LogP contribution in [0.25, 0.3) is 28.1 Å². The van der Waals surface area contributed by atoms with Gasteiger partial charge >= 0.3 is 5.66 Å². The number of rotatable bonds is 0. The highest BCUT2D eigenvalue weighted by Crippen LogP contribution is 2.52. The van der Waals surface area contributed by atoms with Crippen LogP contribution in [0.4, 0.5) is 0 Å². The van der Waals surface area contributed by atoms with Crippen molar-refractivity contribution in [2.24, 2.45) is 0 Å². The number of pyridine rings is 2. The molecule has 1 spiro atoms. The van der Waals surface area contributed by atoms with Crippen LogP contribution >= 0.6 is 0 Å². The number of benzene rings is 2. The van der Waals surface area contributed by atoms with E-state index in [2.05, 4.69) is 109 Å². The average molecular weight is 469 g/mol. The van der Waals surface area contributed by atoms with E-state index in [1.807, 2.05) is 0 Å². The van der Waals surface area contributed by atoms with Gasteiger partial charge in [-0.2, -0.15) is 0 Å². The van der Waals surface area contributed by atoms with Crippen molar-refractivity contribution < 1.29 is 9.13 Å². The Labute approximate surface area is 213 Å².